The highest BCUT2D eigenvalue weighted by atomic mass is 32.2. The molecule has 0 atom stereocenters. The van der Waals surface area contributed by atoms with Crippen molar-refractivity contribution in [1.29, 1.82) is 5.26 Å². The zero-order valence-electron chi connectivity index (χ0n) is 11.8. The molecule has 0 aromatic carbocycles. The minimum atomic E-state index is -0.668. The molecule has 0 radical (unpaired) electrons. The van der Waals surface area contributed by atoms with E-state index < -0.39 is 5.54 Å². The van der Waals surface area contributed by atoms with Crippen molar-refractivity contribution in [3.63, 3.8) is 0 Å². The minimum Gasteiger partial charge on any atom is -0.337 e. The highest BCUT2D eigenvalue weighted by molar-refractivity contribution is 7.99. The molecule has 2 aromatic heterocycles. The summed E-state index contributed by atoms with van der Waals surface area (Å²) in [6, 6.07) is 6.16. The predicted octanol–water partition coefficient (Wildman–Crippen LogP) is 2.58. The van der Waals surface area contributed by atoms with E-state index in [1.54, 1.807) is 11.3 Å². The third-order valence-corrected chi connectivity index (χ3v) is 5.33. The van der Waals surface area contributed by atoms with E-state index in [1.165, 1.54) is 11.8 Å². The van der Waals surface area contributed by atoms with Crippen molar-refractivity contribution in [3.05, 3.63) is 17.5 Å². The minimum absolute atomic E-state index is 0.143. The summed E-state index contributed by atoms with van der Waals surface area (Å²) in [5, 5.41) is 21.6. The molecule has 1 amide bonds. The van der Waals surface area contributed by atoms with E-state index in [-0.39, 0.29) is 11.7 Å². The number of aromatic amines is 1. The lowest BCUT2D eigenvalue weighted by atomic mass is 10.0. The lowest BCUT2D eigenvalue weighted by Crippen LogP contribution is -2.45. The van der Waals surface area contributed by atoms with Gasteiger partial charge in [0, 0.05) is 0 Å². The third kappa shape index (κ3) is 3.31. The summed E-state index contributed by atoms with van der Waals surface area (Å²) in [6.07, 6.45) is 3.46. The van der Waals surface area contributed by atoms with Crippen LogP contribution in [-0.4, -0.2) is 32.4 Å². The zero-order valence-corrected chi connectivity index (χ0v) is 13.5. The van der Waals surface area contributed by atoms with E-state index in [9.17, 15) is 10.1 Å². The molecule has 2 aromatic rings. The van der Waals surface area contributed by atoms with E-state index in [0.717, 1.165) is 30.6 Å². The Labute approximate surface area is 136 Å². The normalized spacial score (nSPS) is 16.3. The van der Waals surface area contributed by atoms with Crippen LogP contribution in [-0.2, 0) is 4.79 Å². The molecule has 0 bridgehead atoms. The average molecular weight is 333 g/mol. The van der Waals surface area contributed by atoms with Crippen molar-refractivity contribution in [3.8, 4) is 16.8 Å². The first kappa shape index (κ1) is 15.1. The molecule has 1 aliphatic rings. The molecule has 1 aliphatic carbocycles. The molecule has 22 heavy (non-hydrogen) atoms. The number of H-pyrrole nitrogens is 1. The number of aromatic nitrogens is 3. The number of hydrogen-bond donors (Lipinski definition) is 2. The van der Waals surface area contributed by atoms with Crippen LogP contribution in [0.15, 0.2) is 22.7 Å². The second-order valence-electron chi connectivity index (χ2n) is 5.18. The van der Waals surface area contributed by atoms with Gasteiger partial charge in [0.25, 0.3) is 0 Å². The maximum Gasteiger partial charge on any atom is 0.231 e. The van der Waals surface area contributed by atoms with Gasteiger partial charge in [0.15, 0.2) is 5.82 Å². The molecule has 2 heterocycles. The fourth-order valence-electron chi connectivity index (χ4n) is 2.51. The van der Waals surface area contributed by atoms with Gasteiger partial charge in [-0.3, -0.25) is 9.89 Å². The molecule has 1 saturated carbocycles. The molecule has 3 rings (SSSR count). The number of thiophene rings is 1. The number of rotatable bonds is 5. The van der Waals surface area contributed by atoms with E-state index >= 15 is 0 Å². The Balaban J connectivity index is 1.54. The topological polar surface area (TPSA) is 94.5 Å². The van der Waals surface area contributed by atoms with Gasteiger partial charge < -0.3 is 5.32 Å². The number of carbonyl (C=O) groups is 1. The van der Waals surface area contributed by atoms with Crippen LogP contribution in [0.4, 0.5) is 0 Å². The van der Waals surface area contributed by atoms with Crippen molar-refractivity contribution in [2.75, 3.05) is 5.75 Å². The maximum atomic E-state index is 12.0. The van der Waals surface area contributed by atoms with Crippen LogP contribution in [0.1, 0.15) is 25.7 Å². The molecule has 0 spiro atoms. The SMILES string of the molecule is N#CC1(NC(=O)CSc2n[nH]c(-c3cccs3)n2)CCCC1. The standard InChI is InChI=1S/C14H15N5OS2/c15-9-14(5-1-2-6-14)17-11(20)8-22-13-16-12(18-19-13)10-4-3-7-21-10/h3-4,7H,1-2,5-6,8H2,(H,17,20)(H,16,18,19). The van der Waals surface area contributed by atoms with Gasteiger partial charge in [-0.25, -0.2) is 4.98 Å². The first-order valence-corrected chi connectivity index (χ1v) is 8.89. The molecular formula is C14H15N5OS2. The van der Waals surface area contributed by atoms with Crippen molar-refractivity contribution in [2.24, 2.45) is 0 Å². The maximum absolute atomic E-state index is 12.0. The zero-order chi connectivity index (χ0) is 15.4. The van der Waals surface area contributed by atoms with Crippen LogP contribution in [0.3, 0.4) is 0 Å². The highest BCUT2D eigenvalue weighted by Gasteiger charge is 2.35. The molecule has 8 heteroatoms. The summed E-state index contributed by atoms with van der Waals surface area (Å²) in [5.41, 5.74) is -0.668. The van der Waals surface area contributed by atoms with E-state index in [4.69, 9.17) is 0 Å². The molecule has 0 aliphatic heterocycles. The third-order valence-electron chi connectivity index (χ3n) is 3.60. The van der Waals surface area contributed by atoms with Gasteiger partial charge >= 0.3 is 0 Å². The van der Waals surface area contributed by atoms with Gasteiger partial charge in [-0.1, -0.05) is 17.8 Å². The first-order valence-electron chi connectivity index (χ1n) is 7.02. The van der Waals surface area contributed by atoms with Crippen molar-refractivity contribution in [1.82, 2.24) is 20.5 Å². The molecule has 0 saturated heterocycles. The summed E-state index contributed by atoms with van der Waals surface area (Å²) < 4.78 is 0. The quantitative estimate of drug-likeness (QED) is 0.820. The average Bonchev–Trinajstić information content (AvgIpc) is 3.26. The van der Waals surface area contributed by atoms with Crippen LogP contribution in [0.2, 0.25) is 0 Å². The van der Waals surface area contributed by atoms with E-state index in [2.05, 4.69) is 26.6 Å². The van der Waals surface area contributed by atoms with Gasteiger partial charge in [0.1, 0.15) is 5.54 Å². The summed E-state index contributed by atoms with van der Waals surface area (Å²) in [4.78, 5) is 17.4. The number of carbonyl (C=O) groups excluding carboxylic acids is 1. The van der Waals surface area contributed by atoms with Crippen LogP contribution < -0.4 is 5.32 Å². The smallest absolute Gasteiger partial charge is 0.231 e. The van der Waals surface area contributed by atoms with Crippen LogP contribution in [0.25, 0.3) is 10.7 Å². The molecular weight excluding hydrogens is 318 g/mol. The molecule has 6 nitrogen and oxygen atoms in total. The van der Waals surface area contributed by atoms with Gasteiger partial charge in [-0.2, -0.15) is 5.26 Å². The summed E-state index contributed by atoms with van der Waals surface area (Å²) in [7, 11) is 0. The fourth-order valence-corrected chi connectivity index (χ4v) is 3.77. The second-order valence-corrected chi connectivity index (χ2v) is 7.07. The lowest BCUT2D eigenvalue weighted by molar-refractivity contribution is -0.119. The number of nitriles is 1. The highest BCUT2D eigenvalue weighted by Crippen LogP contribution is 2.29. The monoisotopic (exact) mass is 333 g/mol. The van der Waals surface area contributed by atoms with Gasteiger partial charge in [-0.15, -0.1) is 16.4 Å². The number of nitrogens with one attached hydrogen (secondary N) is 2. The van der Waals surface area contributed by atoms with Gasteiger partial charge in [0.2, 0.25) is 11.1 Å². The van der Waals surface area contributed by atoms with Crippen molar-refractivity contribution >= 4 is 29.0 Å². The molecule has 114 valence electrons. The van der Waals surface area contributed by atoms with Crippen LogP contribution in [0, 0.1) is 11.3 Å². The summed E-state index contributed by atoms with van der Waals surface area (Å²) >= 11 is 2.85. The first-order chi connectivity index (χ1) is 10.7. The summed E-state index contributed by atoms with van der Waals surface area (Å²) in [5.74, 6) is 0.781. The van der Waals surface area contributed by atoms with Gasteiger partial charge in [-0.05, 0) is 37.1 Å². The Kier molecular flexibility index (Phi) is 4.45. The number of thioether (sulfide) groups is 1. The van der Waals surface area contributed by atoms with Crippen LogP contribution in [0.5, 0.6) is 0 Å². The summed E-state index contributed by atoms with van der Waals surface area (Å²) in [6.45, 7) is 0. The van der Waals surface area contributed by atoms with Crippen molar-refractivity contribution < 1.29 is 4.79 Å². The number of nitrogens with zero attached hydrogens (tertiary/aromatic N) is 3. The number of amides is 1. The molecule has 2 N–H and O–H groups in total. The predicted molar refractivity (Wildman–Crippen MR) is 85.4 cm³/mol. The largest absolute Gasteiger partial charge is 0.337 e. The Morgan fingerprint density at radius 3 is 3.05 bits per heavy atom. The Morgan fingerprint density at radius 2 is 2.36 bits per heavy atom. The van der Waals surface area contributed by atoms with E-state index in [1.807, 2.05) is 17.5 Å². The Morgan fingerprint density at radius 1 is 1.55 bits per heavy atom. The van der Waals surface area contributed by atoms with Gasteiger partial charge in [0.05, 0.1) is 16.7 Å². The number of hydrogen-bond acceptors (Lipinski definition) is 6. The van der Waals surface area contributed by atoms with E-state index in [0.29, 0.717) is 11.0 Å². The molecule has 0 unspecified atom stereocenters. The van der Waals surface area contributed by atoms with Crippen molar-refractivity contribution in [2.45, 2.75) is 36.4 Å². The Hall–Kier alpha value is -1.85. The lowest BCUT2D eigenvalue weighted by Gasteiger charge is -2.21. The second kappa shape index (κ2) is 6.50. The fraction of sp³-hybridized carbons (Fsp3) is 0.429. The van der Waals surface area contributed by atoms with Crippen LogP contribution >= 0.6 is 23.1 Å². The molecule has 1 fully saturated rings. The Bertz CT molecular complexity index is 682.